The molecule has 0 aliphatic heterocycles. The van der Waals surface area contributed by atoms with Crippen molar-refractivity contribution in [3.8, 4) is 5.75 Å². The number of hydrogen-bond donors (Lipinski definition) is 0. The Morgan fingerprint density at radius 2 is 1.68 bits per heavy atom. The van der Waals surface area contributed by atoms with Crippen LogP contribution < -0.4 is 8.51 Å². The van der Waals surface area contributed by atoms with Gasteiger partial charge in [-0.2, -0.15) is 0 Å². The fourth-order valence-electron chi connectivity index (χ4n) is 3.73. The molecule has 158 valence electrons. The van der Waals surface area contributed by atoms with Gasteiger partial charge >= 0.3 is 170 Å². The van der Waals surface area contributed by atoms with Gasteiger partial charge in [0.25, 0.3) is 0 Å². The quantitative estimate of drug-likeness (QED) is 0.440. The Hall–Kier alpha value is 0.0981. The third-order valence-electron chi connectivity index (χ3n) is 4.98. The van der Waals surface area contributed by atoms with E-state index in [1.165, 1.54) is 16.3 Å². The maximum absolute atomic E-state index is 6.75. The fourth-order valence-corrected chi connectivity index (χ4v) is 11.7. The van der Waals surface area contributed by atoms with Gasteiger partial charge in [0.1, 0.15) is 0 Å². The molecule has 0 spiro atoms. The number of rotatable bonds is 5. The van der Waals surface area contributed by atoms with Crippen LogP contribution in [0.2, 0.25) is 32.7 Å². The van der Waals surface area contributed by atoms with E-state index < -0.39 is 34.7 Å². The van der Waals surface area contributed by atoms with Gasteiger partial charge < -0.3 is 0 Å². The van der Waals surface area contributed by atoms with Gasteiger partial charge in [-0.05, 0) is 0 Å². The monoisotopic (exact) mass is 492 g/mol. The van der Waals surface area contributed by atoms with Gasteiger partial charge in [-0.25, -0.2) is 0 Å². The van der Waals surface area contributed by atoms with Crippen molar-refractivity contribution >= 4 is 51.7 Å². The molecule has 0 N–H and O–H groups in total. The van der Waals surface area contributed by atoms with Crippen LogP contribution in [-0.2, 0) is 23.2 Å². The number of hydrogen-bond acceptors (Lipinski definition) is 1. The van der Waals surface area contributed by atoms with Crippen molar-refractivity contribution in [2.45, 2.75) is 72.3 Å². The van der Waals surface area contributed by atoms with Gasteiger partial charge in [-0.3, -0.25) is 0 Å². The molecule has 6 heteroatoms. The Labute approximate surface area is 194 Å². The predicted octanol–water partition coefficient (Wildman–Crippen LogP) is 6.27. The topological polar surface area (TPSA) is 9.23 Å². The van der Waals surface area contributed by atoms with Gasteiger partial charge in [0.05, 0.1) is 0 Å². The first kappa shape index (κ1) is 28.1. The molecule has 0 bridgehead atoms. The van der Waals surface area contributed by atoms with E-state index in [4.69, 9.17) is 3.32 Å². The van der Waals surface area contributed by atoms with Crippen molar-refractivity contribution in [1.29, 1.82) is 0 Å². The standard InChI is InChI=1S/C13H22OSi.C8H13Si.CH2.2ClH.Ti/c1-9-7-10(13(2,3)4)12(15(5)6)11(14)8-9;1-9(2,3)8-6-4-5-7-8;;;;/h7-8,14-15H,1-6H3;4,6H,5H2,1-3H3;1H2;2*1H;/q;;;;;+1/p-1. The van der Waals surface area contributed by atoms with E-state index in [-0.39, 0.29) is 30.2 Å². The predicted molar refractivity (Wildman–Crippen MR) is 135 cm³/mol. The first-order valence-corrected chi connectivity index (χ1v) is 18.7. The van der Waals surface area contributed by atoms with Gasteiger partial charge in [0, 0.05) is 0 Å². The zero-order valence-electron chi connectivity index (χ0n) is 19.0. The summed E-state index contributed by atoms with van der Waals surface area (Å²) in [6.45, 7) is 21.3. The molecule has 2 rings (SSSR count). The average molecular weight is 493 g/mol. The van der Waals surface area contributed by atoms with Crippen molar-refractivity contribution in [2.24, 2.45) is 0 Å². The average Bonchev–Trinajstić information content (AvgIpc) is 2.94. The summed E-state index contributed by atoms with van der Waals surface area (Å²) in [5.74, 6) is 1.15. The van der Waals surface area contributed by atoms with E-state index >= 15 is 0 Å². The first-order valence-electron chi connectivity index (χ1n) is 9.74. The number of benzene rings is 1. The van der Waals surface area contributed by atoms with E-state index in [0.717, 1.165) is 12.2 Å². The maximum atomic E-state index is 6.75. The van der Waals surface area contributed by atoms with Crippen LogP contribution in [0.3, 0.4) is 0 Å². The number of aryl methyl sites for hydroxylation is 1. The van der Waals surface area contributed by atoms with Gasteiger partial charge in [0.15, 0.2) is 0 Å². The van der Waals surface area contributed by atoms with Crippen molar-refractivity contribution in [3.63, 3.8) is 0 Å². The van der Waals surface area contributed by atoms with Gasteiger partial charge in [-0.1, -0.05) is 0 Å². The minimum absolute atomic E-state index is 0. The van der Waals surface area contributed by atoms with Crippen LogP contribution in [0.4, 0.5) is 0 Å². The van der Waals surface area contributed by atoms with Crippen LogP contribution in [0.1, 0.15) is 38.3 Å². The van der Waals surface area contributed by atoms with E-state index in [9.17, 15) is 0 Å². The Morgan fingerprint density at radius 3 is 2.14 bits per heavy atom. The third-order valence-corrected chi connectivity index (χ3v) is 11.7. The summed E-state index contributed by atoms with van der Waals surface area (Å²) in [6.07, 6.45) is 5.74. The van der Waals surface area contributed by atoms with Gasteiger partial charge in [0.2, 0.25) is 0 Å². The van der Waals surface area contributed by atoms with Gasteiger partial charge in [-0.15, -0.1) is 24.8 Å². The molecule has 1 nitrogen and oxygen atoms in total. The van der Waals surface area contributed by atoms with Crippen LogP contribution in [-0.4, -0.2) is 21.7 Å². The summed E-state index contributed by atoms with van der Waals surface area (Å²) in [6, 6.07) is 4.65. The molecule has 0 amide bonds. The Bertz CT molecular complexity index is 785. The molecular formula is C22H38Cl2OSi2Ti. The molecule has 0 fully saturated rings. The zero-order chi connectivity index (χ0) is 19.9. The van der Waals surface area contributed by atoms with Crippen LogP contribution in [0.25, 0.3) is 0 Å². The molecular weight excluding hydrogens is 455 g/mol. The SMILES string of the molecule is Cl.Cl.[CH2]=[Ti]([O]c1cc(C)cc(C(C)(C)C)c1[SiH](C)C)[C]1=C([Si](C)(C)C)C=CC1. The van der Waals surface area contributed by atoms with E-state index in [0.29, 0.717) is 0 Å². The summed E-state index contributed by atoms with van der Waals surface area (Å²) in [4.78, 5) is 4.59. The van der Waals surface area contributed by atoms with Crippen LogP contribution in [0.15, 0.2) is 33.4 Å². The molecule has 0 saturated carbocycles. The molecule has 1 aromatic carbocycles. The van der Waals surface area contributed by atoms with Crippen LogP contribution in [0, 0.1) is 6.92 Å². The Balaban J connectivity index is 0.00000364. The normalized spacial score (nSPS) is 14.1. The zero-order valence-corrected chi connectivity index (χ0v) is 24.4. The second-order valence-electron chi connectivity index (χ2n) is 9.90. The molecule has 28 heavy (non-hydrogen) atoms. The Morgan fingerprint density at radius 1 is 1.11 bits per heavy atom. The summed E-state index contributed by atoms with van der Waals surface area (Å²) < 4.78 is 8.30. The minimum atomic E-state index is -1.99. The molecule has 0 unspecified atom stereocenters. The molecule has 1 aliphatic rings. The number of halogens is 2. The molecule has 0 aromatic heterocycles. The van der Waals surface area contributed by atoms with E-state index in [2.05, 4.69) is 89.5 Å². The van der Waals surface area contributed by atoms with Crippen LogP contribution >= 0.6 is 24.8 Å². The molecule has 0 radical (unpaired) electrons. The summed E-state index contributed by atoms with van der Waals surface area (Å²) in [7, 11) is -2.35. The molecule has 0 saturated heterocycles. The summed E-state index contributed by atoms with van der Waals surface area (Å²) >= 11 is -1.99. The fraction of sp³-hybridized carbons (Fsp3) is 0.500. The molecule has 1 aliphatic carbocycles. The number of allylic oxidation sites excluding steroid dienone is 4. The molecule has 0 heterocycles. The Kier molecular flexibility index (Phi) is 10.5. The van der Waals surface area contributed by atoms with Crippen molar-refractivity contribution < 1.29 is 21.1 Å². The third kappa shape index (κ3) is 6.55. The summed E-state index contributed by atoms with van der Waals surface area (Å²) in [5, 5.41) is 3.10. The van der Waals surface area contributed by atoms with Crippen molar-refractivity contribution in [2.75, 3.05) is 0 Å². The molecule has 0 atom stereocenters. The first-order chi connectivity index (χ1) is 11.8. The summed E-state index contributed by atoms with van der Waals surface area (Å²) in [5.41, 5.74) is 2.93. The van der Waals surface area contributed by atoms with E-state index in [1.54, 1.807) is 9.07 Å². The second-order valence-corrected chi connectivity index (χ2v) is 20.4. The van der Waals surface area contributed by atoms with Crippen LogP contribution in [0.5, 0.6) is 5.75 Å². The van der Waals surface area contributed by atoms with E-state index in [1.807, 2.05) is 0 Å². The molecule has 1 aromatic rings. The van der Waals surface area contributed by atoms with Crippen molar-refractivity contribution in [3.05, 3.63) is 44.5 Å². The van der Waals surface area contributed by atoms with Crippen molar-refractivity contribution in [1.82, 2.24) is 0 Å². The second kappa shape index (κ2) is 10.4.